The van der Waals surface area contributed by atoms with Gasteiger partial charge in [0, 0.05) is 17.2 Å². The van der Waals surface area contributed by atoms with Gasteiger partial charge in [-0.25, -0.2) is 8.42 Å². The predicted molar refractivity (Wildman–Crippen MR) is 66.9 cm³/mol. The number of sulfone groups is 1. The van der Waals surface area contributed by atoms with E-state index in [1.165, 1.54) is 0 Å². The summed E-state index contributed by atoms with van der Waals surface area (Å²) in [5.74, 6) is -0.631. The van der Waals surface area contributed by atoms with Crippen molar-refractivity contribution in [1.29, 1.82) is 5.26 Å². The molecule has 1 aromatic carbocycles. The fraction of sp³-hybridized carbons (Fsp3) is 0.333. The van der Waals surface area contributed by atoms with Crippen LogP contribution in [0.1, 0.15) is 11.5 Å². The monoisotopic (exact) mass is 283 g/mol. The van der Waals surface area contributed by atoms with Gasteiger partial charge in [-0.2, -0.15) is 5.26 Å². The quantitative estimate of drug-likeness (QED) is 0.789. The molecular formula is C12H10ClNO3S. The van der Waals surface area contributed by atoms with Crippen LogP contribution in [0.2, 0.25) is 5.02 Å². The molecule has 94 valence electrons. The highest BCUT2D eigenvalue weighted by molar-refractivity contribution is 7.91. The standard InChI is InChI=1S/C12H10ClNO3S/c1-18(16,17)11-10(12(11,6-14)7-15)8-3-2-4-9(13)5-8/h2-5,7,10-11H,1H3/t10-,11+,12+/m0/s1. The molecule has 1 fully saturated rings. The average Bonchev–Trinajstić information content (AvgIpc) is 2.98. The van der Waals surface area contributed by atoms with Crippen LogP contribution in [-0.2, 0) is 14.6 Å². The minimum atomic E-state index is -3.47. The zero-order valence-corrected chi connectivity index (χ0v) is 11.1. The van der Waals surface area contributed by atoms with Crippen molar-refractivity contribution in [3.8, 4) is 6.07 Å². The number of nitriles is 1. The summed E-state index contributed by atoms with van der Waals surface area (Å²) in [5, 5.41) is 8.58. The molecule has 1 aliphatic carbocycles. The maximum atomic E-state index is 11.7. The van der Waals surface area contributed by atoms with Gasteiger partial charge in [0.15, 0.2) is 9.84 Å². The van der Waals surface area contributed by atoms with Crippen molar-refractivity contribution in [2.75, 3.05) is 6.26 Å². The second kappa shape index (κ2) is 4.08. The summed E-state index contributed by atoms with van der Waals surface area (Å²) in [4.78, 5) is 11.1. The molecule has 0 bridgehead atoms. The number of benzene rings is 1. The highest BCUT2D eigenvalue weighted by atomic mass is 35.5. The molecule has 18 heavy (non-hydrogen) atoms. The summed E-state index contributed by atoms with van der Waals surface area (Å²) >= 11 is 5.84. The van der Waals surface area contributed by atoms with E-state index in [0.29, 0.717) is 16.9 Å². The Morgan fingerprint density at radius 3 is 2.56 bits per heavy atom. The van der Waals surface area contributed by atoms with Crippen LogP contribution in [0.3, 0.4) is 0 Å². The molecule has 4 nitrogen and oxygen atoms in total. The lowest BCUT2D eigenvalue weighted by atomic mass is 10.0. The normalized spacial score (nSPS) is 30.5. The molecule has 0 radical (unpaired) electrons. The molecular weight excluding hydrogens is 274 g/mol. The van der Waals surface area contributed by atoms with Gasteiger partial charge < -0.3 is 4.79 Å². The van der Waals surface area contributed by atoms with E-state index in [2.05, 4.69) is 0 Å². The van der Waals surface area contributed by atoms with Gasteiger partial charge in [0.05, 0.1) is 11.3 Å². The average molecular weight is 284 g/mol. The largest absolute Gasteiger partial charge is 0.302 e. The molecule has 2 rings (SSSR count). The van der Waals surface area contributed by atoms with Crippen LogP contribution in [0.4, 0.5) is 0 Å². The molecule has 1 saturated carbocycles. The SMILES string of the molecule is CS(=O)(=O)[C@@H]1[C@H](c2cccc(Cl)c2)[C@@]1(C#N)C=O. The first-order chi connectivity index (χ1) is 8.36. The molecule has 0 amide bonds. The van der Waals surface area contributed by atoms with Crippen molar-refractivity contribution in [2.45, 2.75) is 11.2 Å². The molecule has 0 aliphatic heterocycles. The smallest absolute Gasteiger partial charge is 0.153 e. The zero-order chi connectivity index (χ0) is 13.6. The van der Waals surface area contributed by atoms with Gasteiger partial charge in [0.25, 0.3) is 0 Å². The van der Waals surface area contributed by atoms with Gasteiger partial charge in [-0.05, 0) is 17.7 Å². The molecule has 1 aliphatic rings. The minimum absolute atomic E-state index is 0.435. The Bertz CT molecular complexity index is 650. The Morgan fingerprint density at radius 2 is 2.17 bits per heavy atom. The van der Waals surface area contributed by atoms with Gasteiger partial charge in [-0.3, -0.25) is 0 Å². The molecule has 6 heteroatoms. The van der Waals surface area contributed by atoms with E-state index in [-0.39, 0.29) is 0 Å². The van der Waals surface area contributed by atoms with E-state index < -0.39 is 26.4 Å². The fourth-order valence-corrected chi connectivity index (χ4v) is 4.39. The third-order valence-electron chi connectivity index (χ3n) is 3.24. The van der Waals surface area contributed by atoms with Crippen LogP contribution in [0.15, 0.2) is 24.3 Å². The van der Waals surface area contributed by atoms with Crippen molar-refractivity contribution in [3.05, 3.63) is 34.9 Å². The van der Waals surface area contributed by atoms with Gasteiger partial charge in [-0.15, -0.1) is 0 Å². The lowest BCUT2D eigenvalue weighted by molar-refractivity contribution is -0.110. The van der Waals surface area contributed by atoms with E-state index in [1.807, 2.05) is 6.07 Å². The Morgan fingerprint density at radius 1 is 1.50 bits per heavy atom. The summed E-state index contributed by atoms with van der Waals surface area (Å²) in [6, 6.07) is 8.42. The van der Waals surface area contributed by atoms with E-state index in [0.717, 1.165) is 6.26 Å². The van der Waals surface area contributed by atoms with Crippen LogP contribution in [-0.4, -0.2) is 26.2 Å². The van der Waals surface area contributed by atoms with Crippen molar-refractivity contribution in [2.24, 2.45) is 5.41 Å². The number of nitrogens with zero attached hydrogens (tertiary/aromatic N) is 1. The number of aldehydes is 1. The summed E-state index contributed by atoms with van der Waals surface area (Å²) in [7, 11) is -3.47. The first-order valence-corrected chi connectivity index (χ1v) is 7.52. The summed E-state index contributed by atoms with van der Waals surface area (Å²) < 4.78 is 23.3. The number of carbonyl (C=O) groups is 1. The van der Waals surface area contributed by atoms with Crippen molar-refractivity contribution >= 4 is 27.7 Å². The maximum Gasteiger partial charge on any atom is 0.153 e. The summed E-state index contributed by atoms with van der Waals surface area (Å²) in [6.45, 7) is 0. The molecule has 0 aromatic heterocycles. The van der Waals surface area contributed by atoms with E-state index >= 15 is 0 Å². The summed E-state index contributed by atoms with van der Waals surface area (Å²) in [5.41, 5.74) is -0.871. The van der Waals surface area contributed by atoms with Crippen molar-refractivity contribution in [1.82, 2.24) is 0 Å². The first-order valence-electron chi connectivity index (χ1n) is 5.18. The van der Waals surface area contributed by atoms with Crippen LogP contribution in [0.5, 0.6) is 0 Å². The molecule has 3 atom stereocenters. The highest BCUT2D eigenvalue weighted by Gasteiger charge is 2.71. The van der Waals surface area contributed by atoms with Crippen molar-refractivity contribution < 1.29 is 13.2 Å². The minimum Gasteiger partial charge on any atom is -0.302 e. The molecule has 0 N–H and O–H groups in total. The topological polar surface area (TPSA) is 75.0 Å². The molecule has 0 saturated heterocycles. The number of halogens is 1. The molecule has 0 unspecified atom stereocenters. The fourth-order valence-electron chi connectivity index (χ4n) is 2.43. The summed E-state index contributed by atoms with van der Waals surface area (Å²) in [6.07, 6.45) is 1.47. The van der Waals surface area contributed by atoms with Crippen LogP contribution < -0.4 is 0 Å². The third-order valence-corrected chi connectivity index (χ3v) is 5.06. The third kappa shape index (κ3) is 1.82. The maximum absolute atomic E-state index is 11.7. The van der Waals surface area contributed by atoms with Gasteiger partial charge >= 0.3 is 0 Å². The molecule has 1 aromatic rings. The van der Waals surface area contributed by atoms with Crippen LogP contribution in [0.25, 0.3) is 0 Å². The van der Waals surface area contributed by atoms with E-state index in [1.54, 1.807) is 24.3 Å². The second-order valence-electron chi connectivity index (χ2n) is 4.45. The lowest BCUT2D eigenvalue weighted by Gasteiger charge is -2.00. The molecule has 0 spiro atoms. The number of hydrogen-bond donors (Lipinski definition) is 0. The van der Waals surface area contributed by atoms with Gasteiger partial charge in [0.2, 0.25) is 0 Å². The predicted octanol–water partition coefficient (Wildman–Crippen LogP) is 1.56. The number of hydrogen-bond acceptors (Lipinski definition) is 4. The highest BCUT2D eigenvalue weighted by Crippen LogP contribution is 2.61. The van der Waals surface area contributed by atoms with Crippen molar-refractivity contribution in [3.63, 3.8) is 0 Å². The second-order valence-corrected chi connectivity index (χ2v) is 7.05. The van der Waals surface area contributed by atoms with E-state index in [4.69, 9.17) is 16.9 Å². The Balaban J connectivity index is 2.52. The Labute approximate surface area is 110 Å². The Hall–Kier alpha value is -1.38. The first kappa shape index (κ1) is 13.1. The number of rotatable bonds is 3. The van der Waals surface area contributed by atoms with E-state index in [9.17, 15) is 13.2 Å². The lowest BCUT2D eigenvalue weighted by Crippen LogP contribution is -2.14. The van der Waals surface area contributed by atoms with Crippen LogP contribution >= 0.6 is 11.6 Å². The van der Waals surface area contributed by atoms with Gasteiger partial charge in [-0.1, -0.05) is 23.7 Å². The Kier molecular flexibility index (Phi) is 2.96. The van der Waals surface area contributed by atoms with Gasteiger partial charge in [0.1, 0.15) is 11.7 Å². The molecule has 0 heterocycles. The van der Waals surface area contributed by atoms with Crippen LogP contribution in [0, 0.1) is 16.7 Å². The number of carbonyl (C=O) groups excluding carboxylic acids is 1. The zero-order valence-electron chi connectivity index (χ0n) is 9.50.